The first-order valence-corrected chi connectivity index (χ1v) is 11.5. The van der Waals surface area contributed by atoms with E-state index in [1.54, 1.807) is 42.5 Å². The van der Waals surface area contributed by atoms with Gasteiger partial charge in [-0.25, -0.2) is 5.43 Å². The van der Waals surface area contributed by atoms with Gasteiger partial charge in [0.15, 0.2) is 18.1 Å². The predicted octanol–water partition coefficient (Wildman–Crippen LogP) is 2.88. The number of carbonyl (C=O) groups is 3. The number of nitrogens with zero attached hydrogens (tertiary/aromatic N) is 1. The molecule has 10 heteroatoms. The molecule has 10 nitrogen and oxygen atoms in total. The highest BCUT2D eigenvalue weighted by Gasteiger charge is 2.13. The fourth-order valence-corrected chi connectivity index (χ4v) is 3.06. The molecule has 0 radical (unpaired) electrons. The molecule has 0 aromatic heterocycles. The molecule has 0 saturated heterocycles. The average Bonchev–Trinajstić information content (AvgIpc) is 2.92. The van der Waals surface area contributed by atoms with Gasteiger partial charge >= 0.3 is 11.8 Å². The molecule has 37 heavy (non-hydrogen) atoms. The van der Waals surface area contributed by atoms with Crippen LogP contribution in [0.4, 0.5) is 5.69 Å². The molecule has 0 aliphatic rings. The van der Waals surface area contributed by atoms with E-state index in [1.165, 1.54) is 13.3 Å². The van der Waals surface area contributed by atoms with E-state index < -0.39 is 11.8 Å². The number of benzene rings is 3. The highest BCUT2D eigenvalue weighted by Crippen LogP contribution is 2.28. The Bertz CT molecular complexity index is 1230. The molecule has 0 saturated carbocycles. The Kier molecular flexibility index (Phi) is 10.0. The number of amides is 3. The van der Waals surface area contributed by atoms with Crippen molar-refractivity contribution in [3.05, 3.63) is 83.9 Å². The van der Waals surface area contributed by atoms with Gasteiger partial charge in [-0.3, -0.25) is 14.4 Å². The van der Waals surface area contributed by atoms with Gasteiger partial charge in [-0.2, -0.15) is 5.10 Å². The van der Waals surface area contributed by atoms with Crippen molar-refractivity contribution in [3.8, 4) is 17.2 Å². The molecule has 3 amide bonds. The molecule has 3 rings (SSSR count). The van der Waals surface area contributed by atoms with Crippen molar-refractivity contribution in [2.75, 3.05) is 25.6 Å². The summed E-state index contributed by atoms with van der Waals surface area (Å²) in [5.74, 6) is -0.651. The van der Waals surface area contributed by atoms with Crippen LogP contribution in [0.3, 0.4) is 0 Å². The normalized spacial score (nSPS) is 10.4. The summed E-state index contributed by atoms with van der Waals surface area (Å²) in [5.41, 5.74) is 4.19. The molecule has 0 aliphatic heterocycles. The second-order valence-electron chi connectivity index (χ2n) is 7.57. The zero-order valence-corrected chi connectivity index (χ0v) is 20.5. The Balaban J connectivity index is 1.51. The van der Waals surface area contributed by atoms with E-state index in [9.17, 15) is 14.4 Å². The number of carbonyl (C=O) groups excluding carboxylic acids is 3. The number of hydrogen-bond donors (Lipinski definition) is 3. The van der Waals surface area contributed by atoms with Crippen LogP contribution >= 0.6 is 0 Å². The third-order valence-electron chi connectivity index (χ3n) is 4.89. The molecule has 0 aliphatic carbocycles. The van der Waals surface area contributed by atoms with Gasteiger partial charge in [0.2, 0.25) is 0 Å². The number of hydrogen-bond acceptors (Lipinski definition) is 7. The fourth-order valence-electron chi connectivity index (χ4n) is 3.06. The Morgan fingerprint density at radius 3 is 2.35 bits per heavy atom. The van der Waals surface area contributed by atoms with Gasteiger partial charge in [0.25, 0.3) is 5.91 Å². The summed E-state index contributed by atoms with van der Waals surface area (Å²) in [7, 11) is 1.53. The van der Waals surface area contributed by atoms with Gasteiger partial charge < -0.3 is 24.8 Å². The van der Waals surface area contributed by atoms with Crippen LogP contribution in [0.2, 0.25) is 0 Å². The average molecular weight is 505 g/mol. The van der Waals surface area contributed by atoms with Crippen LogP contribution < -0.4 is 30.3 Å². The minimum atomic E-state index is -0.932. The number of anilines is 1. The minimum absolute atomic E-state index is 0.181. The second kappa shape index (κ2) is 13.9. The van der Waals surface area contributed by atoms with E-state index in [0.717, 1.165) is 5.56 Å². The third-order valence-corrected chi connectivity index (χ3v) is 4.89. The molecule has 0 unspecified atom stereocenters. The lowest BCUT2D eigenvalue weighted by Crippen LogP contribution is -2.32. The van der Waals surface area contributed by atoms with Gasteiger partial charge in [0.1, 0.15) is 5.75 Å². The van der Waals surface area contributed by atoms with Crippen LogP contribution in [-0.4, -0.2) is 44.3 Å². The van der Waals surface area contributed by atoms with Crippen molar-refractivity contribution in [1.29, 1.82) is 0 Å². The summed E-state index contributed by atoms with van der Waals surface area (Å²) in [6, 6.07) is 21.0. The van der Waals surface area contributed by atoms with Crippen molar-refractivity contribution in [2.24, 2.45) is 5.10 Å². The molecule has 3 aromatic carbocycles. The van der Waals surface area contributed by atoms with Crippen molar-refractivity contribution in [1.82, 2.24) is 10.7 Å². The van der Waals surface area contributed by atoms with Crippen molar-refractivity contribution in [2.45, 2.75) is 13.5 Å². The first-order chi connectivity index (χ1) is 18.0. The molecular weight excluding hydrogens is 476 g/mol. The maximum absolute atomic E-state index is 12.2. The quantitative estimate of drug-likeness (QED) is 0.209. The molecule has 0 heterocycles. The molecule has 192 valence electrons. The third kappa shape index (κ3) is 8.70. The summed E-state index contributed by atoms with van der Waals surface area (Å²) in [6.07, 6.45) is 1.36. The Labute approximate surface area is 214 Å². The van der Waals surface area contributed by atoms with Crippen LogP contribution in [-0.2, 0) is 20.9 Å². The van der Waals surface area contributed by atoms with Gasteiger partial charge in [0, 0.05) is 12.2 Å². The zero-order chi connectivity index (χ0) is 26.5. The zero-order valence-electron chi connectivity index (χ0n) is 20.5. The van der Waals surface area contributed by atoms with Gasteiger partial charge in [-0.05, 0) is 60.5 Å². The predicted molar refractivity (Wildman–Crippen MR) is 139 cm³/mol. The molecule has 0 fully saturated rings. The van der Waals surface area contributed by atoms with Crippen molar-refractivity contribution >= 4 is 29.6 Å². The van der Waals surface area contributed by atoms with Crippen molar-refractivity contribution in [3.63, 3.8) is 0 Å². The number of methoxy groups -OCH3 is 1. The molecule has 3 aromatic rings. The largest absolute Gasteiger partial charge is 0.497 e. The maximum atomic E-state index is 12.2. The number of ether oxygens (including phenoxy) is 3. The van der Waals surface area contributed by atoms with Crippen molar-refractivity contribution < 1.29 is 28.6 Å². The Morgan fingerprint density at radius 2 is 1.65 bits per heavy atom. The molecule has 3 N–H and O–H groups in total. The van der Waals surface area contributed by atoms with E-state index >= 15 is 0 Å². The maximum Gasteiger partial charge on any atom is 0.329 e. The fraction of sp³-hybridized carbons (Fsp3) is 0.185. The van der Waals surface area contributed by atoms with E-state index in [1.807, 2.05) is 37.3 Å². The summed E-state index contributed by atoms with van der Waals surface area (Å²) in [5, 5.41) is 9.09. The van der Waals surface area contributed by atoms with Crippen LogP contribution in [0.1, 0.15) is 18.1 Å². The molecule has 0 bridgehead atoms. The second-order valence-corrected chi connectivity index (χ2v) is 7.57. The van der Waals surface area contributed by atoms with Crippen LogP contribution in [0, 0.1) is 0 Å². The van der Waals surface area contributed by atoms with Gasteiger partial charge in [-0.15, -0.1) is 0 Å². The van der Waals surface area contributed by atoms with Crippen LogP contribution in [0.25, 0.3) is 0 Å². The lowest BCUT2D eigenvalue weighted by Gasteiger charge is -2.12. The summed E-state index contributed by atoms with van der Waals surface area (Å²) < 4.78 is 16.3. The highest BCUT2D eigenvalue weighted by molar-refractivity contribution is 6.39. The smallest absolute Gasteiger partial charge is 0.329 e. The summed E-state index contributed by atoms with van der Waals surface area (Å²) >= 11 is 0. The number of nitrogens with one attached hydrogen (secondary N) is 3. The topological polar surface area (TPSA) is 127 Å². The lowest BCUT2D eigenvalue weighted by atomic mass is 10.2. The Morgan fingerprint density at radius 1 is 0.892 bits per heavy atom. The molecule has 0 atom stereocenters. The monoisotopic (exact) mass is 504 g/mol. The van der Waals surface area contributed by atoms with Crippen LogP contribution in [0.5, 0.6) is 17.2 Å². The summed E-state index contributed by atoms with van der Waals surface area (Å²) in [4.78, 5) is 36.2. The van der Waals surface area contributed by atoms with Gasteiger partial charge in [-0.1, -0.05) is 30.3 Å². The highest BCUT2D eigenvalue weighted by atomic mass is 16.5. The first kappa shape index (κ1) is 26.7. The summed E-state index contributed by atoms with van der Waals surface area (Å²) in [6.45, 7) is 2.42. The van der Waals surface area contributed by atoms with E-state index in [0.29, 0.717) is 41.7 Å². The van der Waals surface area contributed by atoms with E-state index in [4.69, 9.17) is 14.2 Å². The number of hydrazone groups is 1. The Hall–Kier alpha value is -4.86. The van der Waals surface area contributed by atoms with Gasteiger partial charge in [0.05, 0.1) is 19.9 Å². The lowest BCUT2D eigenvalue weighted by molar-refractivity contribution is -0.136. The first-order valence-electron chi connectivity index (χ1n) is 11.5. The SMILES string of the molecule is CCOc1cc(/C=N\NC(=O)C(=O)Nc2ccc(OC)cc2)ccc1OCC(=O)NCc1ccccc1. The molecule has 0 spiro atoms. The minimum Gasteiger partial charge on any atom is -0.497 e. The standard InChI is InChI=1S/C27H28N4O6/c1-3-36-24-15-20(9-14-23(24)37-18-25(32)28-16-19-7-5-4-6-8-19)17-29-31-27(34)26(33)30-21-10-12-22(35-2)13-11-21/h4-15,17H,3,16,18H2,1-2H3,(H,28,32)(H,30,33)(H,31,34)/b29-17-. The van der Waals surface area contributed by atoms with Crippen LogP contribution in [0.15, 0.2) is 77.9 Å². The number of rotatable bonds is 11. The van der Waals surface area contributed by atoms with E-state index in [-0.39, 0.29) is 12.5 Å². The molecular formula is C27H28N4O6. The van der Waals surface area contributed by atoms with E-state index in [2.05, 4.69) is 21.2 Å².